The number of benzene rings is 1. The quantitative estimate of drug-likeness (QED) is 0.415. The van der Waals surface area contributed by atoms with Crippen LogP contribution in [0.5, 0.6) is 0 Å². The molecule has 0 spiro atoms. The molecule has 4 heteroatoms. The second-order valence-electron chi connectivity index (χ2n) is 3.64. The first-order valence-corrected chi connectivity index (χ1v) is 6.57. The van der Waals surface area contributed by atoms with E-state index in [9.17, 15) is 10.1 Å². The largest absolute Gasteiger partial charge is 0.264 e. The van der Waals surface area contributed by atoms with E-state index >= 15 is 0 Å². The summed E-state index contributed by atoms with van der Waals surface area (Å²) < 4.78 is 0. The number of rotatable bonds is 7. The van der Waals surface area contributed by atoms with E-state index in [-0.39, 0.29) is 16.7 Å². The van der Waals surface area contributed by atoms with Gasteiger partial charge in [-0.15, -0.1) is 11.8 Å². The summed E-state index contributed by atoms with van der Waals surface area (Å²) in [4.78, 5) is 10.4. The zero-order chi connectivity index (χ0) is 11.8. The molecule has 0 bridgehead atoms. The van der Waals surface area contributed by atoms with E-state index in [0.29, 0.717) is 0 Å². The molecule has 0 amide bonds. The van der Waals surface area contributed by atoms with Gasteiger partial charge < -0.3 is 0 Å². The maximum atomic E-state index is 10.6. The van der Waals surface area contributed by atoms with E-state index in [1.54, 1.807) is 11.8 Å². The summed E-state index contributed by atoms with van der Waals surface area (Å²) in [7, 11) is 0. The van der Waals surface area contributed by atoms with E-state index in [4.69, 9.17) is 0 Å². The van der Waals surface area contributed by atoms with Gasteiger partial charge in [0.15, 0.2) is 0 Å². The molecule has 0 aliphatic rings. The van der Waals surface area contributed by atoms with Crippen molar-refractivity contribution in [3.63, 3.8) is 0 Å². The third kappa shape index (κ3) is 4.66. The summed E-state index contributed by atoms with van der Waals surface area (Å²) in [6.45, 7) is 2.14. The molecule has 16 heavy (non-hydrogen) atoms. The van der Waals surface area contributed by atoms with Gasteiger partial charge in [0, 0.05) is 4.92 Å². The molecule has 0 saturated carbocycles. The molecule has 0 N–H and O–H groups in total. The van der Waals surface area contributed by atoms with Crippen LogP contribution in [-0.4, -0.2) is 17.2 Å². The minimum Gasteiger partial charge on any atom is -0.264 e. The lowest BCUT2D eigenvalue weighted by Crippen LogP contribution is -2.10. The highest BCUT2D eigenvalue weighted by molar-refractivity contribution is 7.99. The van der Waals surface area contributed by atoms with E-state index in [2.05, 4.69) is 6.92 Å². The molecule has 0 aliphatic heterocycles. The normalized spacial score (nSPS) is 12.3. The van der Waals surface area contributed by atoms with Crippen LogP contribution in [-0.2, 0) is 0 Å². The van der Waals surface area contributed by atoms with Crippen molar-refractivity contribution in [2.45, 2.75) is 25.0 Å². The number of hydrogen-bond donors (Lipinski definition) is 0. The third-order valence-corrected chi connectivity index (χ3v) is 3.65. The molecule has 88 valence electrons. The molecule has 0 fully saturated rings. The fourth-order valence-corrected chi connectivity index (χ4v) is 2.74. The van der Waals surface area contributed by atoms with Crippen LogP contribution in [0.1, 0.15) is 30.6 Å². The minimum absolute atomic E-state index is 0.0113. The van der Waals surface area contributed by atoms with Gasteiger partial charge in [0.2, 0.25) is 6.54 Å². The van der Waals surface area contributed by atoms with Crippen LogP contribution in [0.2, 0.25) is 0 Å². The highest BCUT2D eigenvalue weighted by Gasteiger charge is 2.17. The predicted molar refractivity (Wildman–Crippen MR) is 68.4 cm³/mol. The average molecular weight is 239 g/mol. The lowest BCUT2D eigenvalue weighted by atomic mass is 10.1. The summed E-state index contributed by atoms with van der Waals surface area (Å²) >= 11 is 1.69. The van der Waals surface area contributed by atoms with E-state index in [1.165, 1.54) is 0 Å². The number of hydrogen-bond acceptors (Lipinski definition) is 3. The Morgan fingerprint density at radius 1 is 1.38 bits per heavy atom. The summed E-state index contributed by atoms with van der Waals surface area (Å²) in [5, 5.41) is 10.6. The van der Waals surface area contributed by atoms with Gasteiger partial charge in [0.05, 0.1) is 5.25 Å². The van der Waals surface area contributed by atoms with Gasteiger partial charge in [-0.3, -0.25) is 10.1 Å². The summed E-state index contributed by atoms with van der Waals surface area (Å²) in [5.74, 6) is 0.990. The average Bonchev–Trinajstić information content (AvgIpc) is 2.29. The highest BCUT2D eigenvalue weighted by Crippen LogP contribution is 2.29. The molecule has 1 unspecified atom stereocenters. The SMILES string of the molecule is CCCCSC(C[N+](=O)[O-])c1ccccc1. The van der Waals surface area contributed by atoms with Gasteiger partial charge in [-0.2, -0.15) is 0 Å². The first-order valence-electron chi connectivity index (χ1n) is 5.52. The highest BCUT2D eigenvalue weighted by atomic mass is 32.2. The maximum absolute atomic E-state index is 10.6. The minimum atomic E-state index is -0.226. The molecule has 0 aliphatic carbocycles. The number of unbranched alkanes of at least 4 members (excludes halogenated alkanes) is 1. The molecule has 1 aromatic carbocycles. The van der Waals surface area contributed by atoms with Crippen molar-refractivity contribution in [1.82, 2.24) is 0 Å². The Bertz CT molecular complexity index is 316. The van der Waals surface area contributed by atoms with E-state index in [1.807, 2.05) is 30.3 Å². The number of nitro groups is 1. The smallest absolute Gasteiger partial charge is 0.219 e. The van der Waals surface area contributed by atoms with Crippen LogP contribution >= 0.6 is 11.8 Å². The van der Waals surface area contributed by atoms with Crippen LogP contribution in [0, 0.1) is 10.1 Å². The van der Waals surface area contributed by atoms with Crippen molar-refractivity contribution >= 4 is 11.8 Å². The van der Waals surface area contributed by atoms with Crippen LogP contribution in [0.25, 0.3) is 0 Å². The molecule has 1 aromatic rings. The first kappa shape index (κ1) is 13.0. The molecule has 0 saturated heterocycles. The topological polar surface area (TPSA) is 43.1 Å². The second kappa shape index (κ2) is 7.28. The summed E-state index contributed by atoms with van der Waals surface area (Å²) in [6, 6.07) is 9.73. The zero-order valence-electron chi connectivity index (χ0n) is 9.46. The van der Waals surface area contributed by atoms with E-state index < -0.39 is 0 Å². The summed E-state index contributed by atoms with van der Waals surface area (Å²) in [6.07, 6.45) is 2.25. The molecular weight excluding hydrogens is 222 g/mol. The Morgan fingerprint density at radius 2 is 2.06 bits per heavy atom. The Hall–Kier alpha value is -1.03. The maximum Gasteiger partial charge on any atom is 0.219 e. The van der Waals surface area contributed by atoms with Gasteiger partial charge in [0.1, 0.15) is 0 Å². The van der Waals surface area contributed by atoms with Gasteiger partial charge >= 0.3 is 0 Å². The van der Waals surface area contributed by atoms with Crippen molar-refractivity contribution in [2.75, 3.05) is 12.3 Å². The van der Waals surface area contributed by atoms with Crippen molar-refractivity contribution in [2.24, 2.45) is 0 Å². The third-order valence-electron chi connectivity index (χ3n) is 2.30. The molecule has 0 aromatic heterocycles. The van der Waals surface area contributed by atoms with Crippen LogP contribution in [0.15, 0.2) is 30.3 Å². The van der Waals surface area contributed by atoms with Gasteiger partial charge in [-0.25, -0.2) is 0 Å². The molecule has 1 atom stereocenters. The molecule has 1 rings (SSSR count). The molecule has 0 radical (unpaired) electrons. The van der Waals surface area contributed by atoms with Crippen LogP contribution in [0.3, 0.4) is 0 Å². The fraction of sp³-hybridized carbons (Fsp3) is 0.500. The van der Waals surface area contributed by atoms with Crippen LogP contribution < -0.4 is 0 Å². The second-order valence-corrected chi connectivity index (χ2v) is 4.95. The predicted octanol–water partition coefficient (Wildman–Crippen LogP) is 3.54. The van der Waals surface area contributed by atoms with Crippen molar-refractivity contribution in [1.29, 1.82) is 0 Å². The zero-order valence-corrected chi connectivity index (χ0v) is 10.3. The lowest BCUT2D eigenvalue weighted by molar-refractivity contribution is -0.479. The Kier molecular flexibility index (Phi) is 5.93. The van der Waals surface area contributed by atoms with Crippen molar-refractivity contribution in [3.05, 3.63) is 46.0 Å². The Morgan fingerprint density at radius 3 is 2.62 bits per heavy atom. The standard InChI is InChI=1S/C12H17NO2S/c1-2-3-9-16-12(10-13(14)15)11-7-5-4-6-8-11/h4-8,12H,2-3,9-10H2,1H3. The van der Waals surface area contributed by atoms with Gasteiger partial charge in [-0.1, -0.05) is 43.7 Å². The number of thioether (sulfide) groups is 1. The van der Waals surface area contributed by atoms with Crippen molar-refractivity contribution in [3.8, 4) is 0 Å². The molecule has 0 heterocycles. The number of nitrogens with zero attached hydrogens (tertiary/aromatic N) is 1. The Balaban J connectivity index is 2.60. The van der Waals surface area contributed by atoms with Gasteiger partial charge in [-0.05, 0) is 17.7 Å². The van der Waals surface area contributed by atoms with Crippen molar-refractivity contribution < 1.29 is 4.92 Å². The first-order chi connectivity index (χ1) is 7.74. The molecular formula is C12H17NO2S. The summed E-state index contributed by atoms with van der Waals surface area (Å²) in [5.41, 5.74) is 1.06. The van der Waals surface area contributed by atoms with Crippen LogP contribution in [0.4, 0.5) is 0 Å². The lowest BCUT2D eigenvalue weighted by Gasteiger charge is -2.12. The molecule has 3 nitrogen and oxygen atoms in total. The van der Waals surface area contributed by atoms with Gasteiger partial charge in [0.25, 0.3) is 0 Å². The Labute approximate surface area is 100 Å². The fourth-order valence-electron chi connectivity index (χ4n) is 1.43. The van der Waals surface area contributed by atoms with E-state index in [0.717, 1.165) is 24.2 Å². The monoisotopic (exact) mass is 239 g/mol.